The largest absolute Gasteiger partial charge is 0.386 e. The van der Waals surface area contributed by atoms with Crippen molar-refractivity contribution < 1.29 is 5.11 Å². The van der Waals surface area contributed by atoms with Crippen LogP contribution >= 0.6 is 0 Å². The summed E-state index contributed by atoms with van der Waals surface area (Å²) in [7, 11) is 3.98. The van der Waals surface area contributed by atoms with Gasteiger partial charge in [-0.1, -0.05) is 19.9 Å². The van der Waals surface area contributed by atoms with Gasteiger partial charge in [0.15, 0.2) is 0 Å². The summed E-state index contributed by atoms with van der Waals surface area (Å²) in [5.74, 6) is 0.410. The number of aromatic nitrogens is 1. The van der Waals surface area contributed by atoms with Crippen LogP contribution in [0, 0.1) is 0 Å². The van der Waals surface area contributed by atoms with Gasteiger partial charge in [-0.3, -0.25) is 0 Å². The Morgan fingerprint density at radius 3 is 2.41 bits per heavy atom. The highest BCUT2D eigenvalue weighted by Gasteiger charge is 2.38. The Morgan fingerprint density at radius 2 is 2.00 bits per heavy atom. The van der Waals surface area contributed by atoms with E-state index in [-0.39, 0.29) is 5.54 Å². The number of nitrogens with zero attached hydrogens (tertiary/aromatic N) is 2. The maximum Gasteiger partial charge on any atom is 0.129 e. The van der Waals surface area contributed by atoms with E-state index in [9.17, 15) is 5.11 Å². The first-order chi connectivity index (χ1) is 7.99. The SMILES string of the molecule is CCC(CC)(C(O)c1cccnc1N)N(C)C. The Bertz CT molecular complexity index is 361. The molecule has 1 heterocycles. The molecule has 1 atom stereocenters. The van der Waals surface area contributed by atoms with Crippen LogP contribution in [0.15, 0.2) is 18.3 Å². The lowest BCUT2D eigenvalue weighted by atomic mass is 9.82. The van der Waals surface area contributed by atoms with E-state index >= 15 is 0 Å². The van der Waals surface area contributed by atoms with Gasteiger partial charge in [-0.15, -0.1) is 0 Å². The molecule has 0 bridgehead atoms. The van der Waals surface area contributed by atoms with Crippen molar-refractivity contribution in [1.82, 2.24) is 9.88 Å². The number of hydrogen-bond donors (Lipinski definition) is 2. The number of aliphatic hydroxyl groups excluding tert-OH is 1. The number of pyridine rings is 1. The number of rotatable bonds is 5. The number of likely N-dealkylation sites (N-methyl/N-ethyl adjacent to an activating group) is 1. The van der Waals surface area contributed by atoms with Crippen molar-refractivity contribution in [2.24, 2.45) is 0 Å². The molecular weight excluding hydrogens is 214 g/mol. The molecule has 0 saturated heterocycles. The summed E-state index contributed by atoms with van der Waals surface area (Å²) >= 11 is 0. The zero-order valence-corrected chi connectivity index (χ0v) is 11.1. The molecule has 1 aromatic heterocycles. The lowest BCUT2D eigenvalue weighted by Crippen LogP contribution is -2.48. The van der Waals surface area contributed by atoms with E-state index in [0.29, 0.717) is 11.4 Å². The van der Waals surface area contributed by atoms with Crippen molar-refractivity contribution in [2.45, 2.75) is 38.3 Å². The second kappa shape index (κ2) is 5.47. The molecule has 4 heteroatoms. The van der Waals surface area contributed by atoms with Gasteiger partial charge in [0.05, 0.1) is 5.54 Å². The predicted octanol–water partition coefficient (Wildman–Crippen LogP) is 1.82. The number of nitrogens with two attached hydrogens (primary N) is 1. The third-order valence-corrected chi connectivity index (χ3v) is 3.79. The Labute approximate surface area is 103 Å². The zero-order valence-electron chi connectivity index (χ0n) is 11.1. The van der Waals surface area contributed by atoms with E-state index in [1.54, 1.807) is 12.3 Å². The second-order valence-corrected chi connectivity index (χ2v) is 4.59. The minimum Gasteiger partial charge on any atom is -0.386 e. The van der Waals surface area contributed by atoms with Crippen LogP contribution in [-0.4, -0.2) is 34.6 Å². The molecule has 0 spiro atoms. The minimum atomic E-state index is -0.624. The van der Waals surface area contributed by atoms with Gasteiger partial charge in [-0.2, -0.15) is 0 Å². The highest BCUT2D eigenvalue weighted by Crippen LogP contribution is 2.37. The summed E-state index contributed by atoms with van der Waals surface area (Å²) in [5, 5.41) is 10.6. The fraction of sp³-hybridized carbons (Fsp3) is 0.615. The van der Waals surface area contributed by atoms with Crippen LogP contribution in [0.3, 0.4) is 0 Å². The highest BCUT2D eigenvalue weighted by atomic mass is 16.3. The summed E-state index contributed by atoms with van der Waals surface area (Å²) in [6, 6.07) is 3.65. The summed E-state index contributed by atoms with van der Waals surface area (Å²) < 4.78 is 0. The number of hydrogen-bond acceptors (Lipinski definition) is 4. The highest BCUT2D eigenvalue weighted by molar-refractivity contribution is 5.41. The summed E-state index contributed by atoms with van der Waals surface area (Å²) in [6.07, 6.45) is 2.72. The number of nitrogen functional groups attached to an aromatic ring is 1. The Kier molecular flexibility index (Phi) is 4.48. The summed E-state index contributed by atoms with van der Waals surface area (Å²) in [4.78, 5) is 6.11. The molecule has 96 valence electrons. The molecule has 0 saturated carbocycles. The van der Waals surface area contributed by atoms with Crippen LogP contribution < -0.4 is 5.73 Å². The van der Waals surface area contributed by atoms with Gasteiger partial charge in [0.1, 0.15) is 11.9 Å². The van der Waals surface area contributed by atoms with Crippen LogP contribution in [0.5, 0.6) is 0 Å². The monoisotopic (exact) mass is 237 g/mol. The van der Waals surface area contributed by atoms with Gasteiger partial charge < -0.3 is 15.7 Å². The van der Waals surface area contributed by atoms with Gasteiger partial charge >= 0.3 is 0 Å². The van der Waals surface area contributed by atoms with Gasteiger partial charge in [-0.25, -0.2) is 4.98 Å². The van der Waals surface area contributed by atoms with Crippen molar-refractivity contribution in [1.29, 1.82) is 0 Å². The van der Waals surface area contributed by atoms with Crippen molar-refractivity contribution in [3.63, 3.8) is 0 Å². The first-order valence-electron chi connectivity index (χ1n) is 6.05. The molecule has 17 heavy (non-hydrogen) atoms. The van der Waals surface area contributed by atoms with Gasteiger partial charge in [0.25, 0.3) is 0 Å². The normalized spacial score (nSPS) is 14.0. The lowest BCUT2D eigenvalue weighted by molar-refractivity contribution is -0.0146. The van der Waals surface area contributed by atoms with Crippen molar-refractivity contribution in [3.05, 3.63) is 23.9 Å². The quantitative estimate of drug-likeness (QED) is 0.820. The molecule has 0 fully saturated rings. The van der Waals surface area contributed by atoms with Gasteiger partial charge in [-0.05, 0) is 33.0 Å². The van der Waals surface area contributed by atoms with E-state index in [1.807, 2.05) is 20.2 Å². The molecule has 4 nitrogen and oxygen atoms in total. The zero-order chi connectivity index (χ0) is 13.1. The Hall–Kier alpha value is -1.13. The third kappa shape index (κ3) is 2.42. The standard InChI is InChI=1S/C13H23N3O/c1-5-13(6-2,16(3)4)11(17)10-8-7-9-15-12(10)14/h7-9,11,17H,5-6H2,1-4H3,(H2,14,15). The average Bonchev–Trinajstić information content (AvgIpc) is 2.31. The molecule has 0 aromatic carbocycles. The van der Waals surface area contributed by atoms with E-state index in [1.165, 1.54) is 0 Å². The molecule has 0 amide bonds. The molecule has 1 rings (SSSR count). The van der Waals surface area contributed by atoms with E-state index < -0.39 is 6.10 Å². The molecule has 0 radical (unpaired) electrons. The maximum atomic E-state index is 10.6. The molecular formula is C13H23N3O. The topological polar surface area (TPSA) is 62.4 Å². The Morgan fingerprint density at radius 1 is 1.41 bits per heavy atom. The van der Waals surface area contributed by atoms with Crippen LogP contribution in [0.25, 0.3) is 0 Å². The van der Waals surface area contributed by atoms with E-state index in [4.69, 9.17) is 5.73 Å². The smallest absolute Gasteiger partial charge is 0.129 e. The first kappa shape index (κ1) is 13.9. The second-order valence-electron chi connectivity index (χ2n) is 4.59. The third-order valence-electron chi connectivity index (χ3n) is 3.79. The van der Waals surface area contributed by atoms with Crippen LogP contribution in [0.2, 0.25) is 0 Å². The van der Waals surface area contributed by atoms with Gasteiger partial charge in [0, 0.05) is 11.8 Å². The van der Waals surface area contributed by atoms with E-state index in [0.717, 1.165) is 12.8 Å². The molecule has 3 N–H and O–H groups in total. The lowest BCUT2D eigenvalue weighted by Gasteiger charge is -2.42. The number of aliphatic hydroxyl groups is 1. The molecule has 0 aliphatic rings. The fourth-order valence-electron chi connectivity index (χ4n) is 2.46. The maximum absolute atomic E-state index is 10.6. The van der Waals surface area contributed by atoms with Gasteiger partial charge in [0.2, 0.25) is 0 Å². The number of anilines is 1. The Balaban J connectivity index is 3.17. The summed E-state index contributed by atoms with van der Waals surface area (Å²) in [6.45, 7) is 4.17. The minimum absolute atomic E-state index is 0.294. The van der Waals surface area contributed by atoms with Crippen LogP contribution in [0.1, 0.15) is 38.4 Å². The molecule has 0 aliphatic heterocycles. The summed E-state index contributed by atoms with van der Waals surface area (Å²) in [5.41, 5.74) is 6.26. The predicted molar refractivity (Wildman–Crippen MR) is 70.6 cm³/mol. The van der Waals surface area contributed by atoms with Crippen molar-refractivity contribution >= 4 is 5.82 Å². The molecule has 0 aliphatic carbocycles. The van der Waals surface area contributed by atoms with Crippen LogP contribution in [-0.2, 0) is 0 Å². The molecule has 1 unspecified atom stereocenters. The van der Waals surface area contributed by atoms with E-state index in [2.05, 4.69) is 23.7 Å². The van der Waals surface area contributed by atoms with Crippen LogP contribution in [0.4, 0.5) is 5.82 Å². The fourth-order valence-corrected chi connectivity index (χ4v) is 2.46. The van der Waals surface area contributed by atoms with Crippen molar-refractivity contribution in [2.75, 3.05) is 19.8 Å². The molecule has 1 aromatic rings. The average molecular weight is 237 g/mol. The van der Waals surface area contributed by atoms with Crippen molar-refractivity contribution in [3.8, 4) is 0 Å². The first-order valence-corrected chi connectivity index (χ1v) is 6.05.